The van der Waals surface area contributed by atoms with Crippen LogP contribution in [0.4, 0.5) is 0 Å². The average molecular weight is 296 g/mol. The summed E-state index contributed by atoms with van der Waals surface area (Å²) in [6.07, 6.45) is 4.37. The molecule has 3 heteroatoms. The van der Waals surface area contributed by atoms with E-state index in [9.17, 15) is 0 Å². The molecule has 2 atom stereocenters. The number of nitrogens with one attached hydrogen (secondary N) is 1. The Morgan fingerprint density at radius 1 is 1.18 bits per heavy atom. The second kappa shape index (κ2) is 5.09. The van der Waals surface area contributed by atoms with Gasteiger partial charge in [0.2, 0.25) is 0 Å². The van der Waals surface area contributed by atoms with Crippen LogP contribution in [0.2, 0.25) is 0 Å². The summed E-state index contributed by atoms with van der Waals surface area (Å²) >= 11 is 3.46. The van der Waals surface area contributed by atoms with E-state index in [1.807, 2.05) is 0 Å². The highest BCUT2D eigenvalue weighted by molar-refractivity contribution is 9.10. The summed E-state index contributed by atoms with van der Waals surface area (Å²) in [6, 6.07) is 9.09. The number of halogens is 1. The first kappa shape index (κ1) is 11.7. The number of rotatable bonds is 4. The molecule has 2 nitrogen and oxygen atoms in total. The molecule has 1 saturated heterocycles. The molecule has 1 N–H and O–H groups in total. The van der Waals surface area contributed by atoms with Crippen molar-refractivity contribution in [2.45, 2.75) is 38.0 Å². The van der Waals surface area contributed by atoms with Gasteiger partial charge in [0.25, 0.3) is 0 Å². The smallest absolute Gasteiger partial charge is 0.0757 e. The number of hydrogen-bond donors (Lipinski definition) is 1. The quantitative estimate of drug-likeness (QED) is 0.922. The van der Waals surface area contributed by atoms with Crippen LogP contribution in [-0.4, -0.2) is 18.8 Å². The minimum absolute atomic E-state index is 0.477. The minimum atomic E-state index is 0.477. The molecule has 1 aromatic rings. The molecule has 92 valence electrons. The lowest BCUT2D eigenvalue weighted by molar-refractivity contribution is 0.0809. The van der Waals surface area contributed by atoms with Gasteiger partial charge in [0.05, 0.1) is 6.10 Å². The fraction of sp³-hybridized carbons (Fsp3) is 0.571. The number of ether oxygens (including phenoxy) is 1. The van der Waals surface area contributed by atoms with Gasteiger partial charge in [0.15, 0.2) is 0 Å². The summed E-state index contributed by atoms with van der Waals surface area (Å²) in [5.74, 6) is 0.833. The minimum Gasteiger partial charge on any atom is -0.376 e. The van der Waals surface area contributed by atoms with Gasteiger partial charge >= 0.3 is 0 Å². The van der Waals surface area contributed by atoms with Crippen molar-refractivity contribution in [2.75, 3.05) is 6.61 Å². The van der Waals surface area contributed by atoms with Crippen molar-refractivity contribution in [1.82, 2.24) is 5.32 Å². The lowest BCUT2D eigenvalue weighted by Gasteiger charge is -2.19. The molecule has 0 amide bonds. The molecule has 1 aromatic carbocycles. The Balaban J connectivity index is 1.54. The highest BCUT2D eigenvalue weighted by atomic mass is 79.9. The van der Waals surface area contributed by atoms with Crippen LogP contribution >= 0.6 is 15.9 Å². The van der Waals surface area contributed by atoms with Gasteiger partial charge in [0.1, 0.15) is 0 Å². The number of hydrogen-bond acceptors (Lipinski definition) is 2. The van der Waals surface area contributed by atoms with Crippen molar-refractivity contribution < 1.29 is 4.74 Å². The van der Waals surface area contributed by atoms with Gasteiger partial charge in [-0.05, 0) is 42.9 Å². The summed E-state index contributed by atoms with van der Waals surface area (Å²) in [4.78, 5) is 0. The molecule has 1 aliphatic heterocycles. The first-order valence-electron chi connectivity index (χ1n) is 6.42. The van der Waals surface area contributed by atoms with Gasteiger partial charge in [-0.3, -0.25) is 0 Å². The molecule has 1 heterocycles. The van der Waals surface area contributed by atoms with Crippen molar-refractivity contribution in [3.8, 4) is 0 Å². The van der Waals surface area contributed by atoms with Crippen molar-refractivity contribution in [2.24, 2.45) is 5.92 Å². The molecule has 0 aromatic heterocycles. The van der Waals surface area contributed by atoms with Crippen LogP contribution in [0, 0.1) is 5.92 Å². The van der Waals surface area contributed by atoms with Crippen molar-refractivity contribution in [1.29, 1.82) is 0 Å². The van der Waals surface area contributed by atoms with Crippen LogP contribution in [-0.2, 0) is 11.3 Å². The maximum Gasteiger partial charge on any atom is 0.0757 e. The van der Waals surface area contributed by atoms with Crippen LogP contribution in [0.3, 0.4) is 0 Å². The molecule has 0 radical (unpaired) electrons. The third kappa shape index (κ3) is 2.90. The lowest BCUT2D eigenvalue weighted by atomic mass is 10.1. The van der Waals surface area contributed by atoms with Gasteiger partial charge in [-0.15, -0.1) is 0 Å². The predicted octanol–water partition coefficient (Wildman–Crippen LogP) is 3.11. The second-order valence-electron chi connectivity index (χ2n) is 5.08. The van der Waals surface area contributed by atoms with Crippen LogP contribution in [0.1, 0.15) is 24.8 Å². The van der Waals surface area contributed by atoms with E-state index in [2.05, 4.69) is 45.5 Å². The first-order chi connectivity index (χ1) is 8.33. The molecule has 0 spiro atoms. The molecule has 1 saturated carbocycles. The molecular formula is C14H18BrNO. The van der Waals surface area contributed by atoms with Crippen LogP contribution < -0.4 is 5.32 Å². The third-order valence-corrected chi connectivity index (χ3v) is 4.23. The SMILES string of the molecule is Brc1ccc(CNC2CCOC2C2CC2)cc1. The molecule has 2 unspecified atom stereocenters. The van der Waals surface area contributed by atoms with Crippen molar-refractivity contribution >= 4 is 15.9 Å². The molecule has 2 fully saturated rings. The van der Waals surface area contributed by atoms with Crippen LogP contribution in [0.5, 0.6) is 0 Å². The van der Waals surface area contributed by atoms with Gasteiger partial charge in [-0.2, -0.15) is 0 Å². The standard InChI is InChI=1S/C14H18BrNO/c15-12-5-1-10(2-6-12)9-16-13-7-8-17-14(13)11-3-4-11/h1-2,5-6,11,13-14,16H,3-4,7-9H2. The second-order valence-corrected chi connectivity index (χ2v) is 5.99. The molecule has 2 aliphatic rings. The van der Waals surface area contributed by atoms with E-state index in [0.717, 1.165) is 30.0 Å². The zero-order valence-corrected chi connectivity index (χ0v) is 11.4. The van der Waals surface area contributed by atoms with E-state index >= 15 is 0 Å². The Morgan fingerprint density at radius 3 is 2.65 bits per heavy atom. The van der Waals surface area contributed by atoms with Gasteiger partial charge < -0.3 is 10.1 Å². The van der Waals surface area contributed by atoms with Gasteiger partial charge in [-0.25, -0.2) is 0 Å². The summed E-state index contributed by atoms with van der Waals surface area (Å²) in [6.45, 7) is 1.88. The summed E-state index contributed by atoms with van der Waals surface area (Å²) in [7, 11) is 0. The Morgan fingerprint density at radius 2 is 1.94 bits per heavy atom. The Hall–Kier alpha value is -0.380. The maximum atomic E-state index is 5.83. The van der Waals surface area contributed by atoms with Crippen LogP contribution in [0.15, 0.2) is 28.7 Å². The zero-order chi connectivity index (χ0) is 11.7. The van der Waals surface area contributed by atoms with Crippen molar-refractivity contribution in [3.05, 3.63) is 34.3 Å². The Kier molecular flexibility index (Phi) is 3.50. The maximum absolute atomic E-state index is 5.83. The zero-order valence-electron chi connectivity index (χ0n) is 9.86. The molecule has 1 aliphatic carbocycles. The molecule has 3 rings (SSSR count). The van der Waals surface area contributed by atoms with Gasteiger partial charge in [0, 0.05) is 23.7 Å². The first-order valence-corrected chi connectivity index (χ1v) is 7.21. The van der Waals surface area contributed by atoms with E-state index in [1.165, 1.54) is 18.4 Å². The number of benzene rings is 1. The fourth-order valence-electron chi connectivity index (χ4n) is 2.57. The fourth-order valence-corrected chi connectivity index (χ4v) is 2.83. The van der Waals surface area contributed by atoms with Crippen molar-refractivity contribution in [3.63, 3.8) is 0 Å². The summed E-state index contributed by atoms with van der Waals surface area (Å²) in [5.41, 5.74) is 1.34. The largest absolute Gasteiger partial charge is 0.376 e. The monoisotopic (exact) mass is 295 g/mol. The predicted molar refractivity (Wildman–Crippen MR) is 71.9 cm³/mol. The van der Waals surface area contributed by atoms with Gasteiger partial charge in [-0.1, -0.05) is 28.1 Å². The summed E-state index contributed by atoms with van der Waals surface area (Å²) < 4.78 is 6.97. The highest BCUT2D eigenvalue weighted by Crippen LogP contribution is 2.38. The molecule has 0 bridgehead atoms. The molecular weight excluding hydrogens is 278 g/mol. The normalized spacial score (nSPS) is 28.5. The lowest BCUT2D eigenvalue weighted by Crippen LogP contribution is -2.37. The van der Waals surface area contributed by atoms with E-state index in [0.29, 0.717) is 12.1 Å². The Bertz CT molecular complexity index is 374. The molecule has 17 heavy (non-hydrogen) atoms. The van der Waals surface area contributed by atoms with E-state index < -0.39 is 0 Å². The van der Waals surface area contributed by atoms with Crippen LogP contribution in [0.25, 0.3) is 0 Å². The van der Waals surface area contributed by atoms with E-state index in [-0.39, 0.29) is 0 Å². The average Bonchev–Trinajstić information content (AvgIpc) is 3.08. The topological polar surface area (TPSA) is 21.3 Å². The van der Waals surface area contributed by atoms with E-state index in [1.54, 1.807) is 0 Å². The Labute approximate surface area is 111 Å². The highest BCUT2D eigenvalue weighted by Gasteiger charge is 2.40. The third-order valence-electron chi connectivity index (χ3n) is 3.70. The van der Waals surface area contributed by atoms with E-state index in [4.69, 9.17) is 4.74 Å². The summed E-state index contributed by atoms with van der Waals surface area (Å²) in [5, 5.41) is 3.65.